The fourth-order valence-electron chi connectivity index (χ4n) is 2.67. The second-order valence-electron chi connectivity index (χ2n) is 6.64. The van der Waals surface area contributed by atoms with Gasteiger partial charge in [0.2, 0.25) is 0 Å². The number of pyridine rings is 1. The van der Waals surface area contributed by atoms with E-state index in [0.717, 1.165) is 6.20 Å². The summed E-state index contributed by atoms with van der Waals surface area (Å²) in [4.78, 5) is 26.2. The molecule has 1 aromatic heterocycles. The van der Waals surface area contributed by atoms with Crippen LogP contribution in [-0.2, 0) is 4.79 Å². The van der Waals surface area contributed by atoms with Crippen molar-refractivity contribution in [3.05, 3.63) is 81.2 Å². The second-order valence-corrected chi connectivity index (χ2v) is 7.04. The molecule has 0 aliphatic carbocycles. The van der Waals surface area contributed by atoms with E-state index in [-0.39, 0.29) is 23.1 Å². The van der Waals surface area contributed by atoms with Crippen LogP contribution in [0.3, 0.4) is 0 Å². The Kier molecular flexibility index (Phi) is 8.30. The summed E-state index contributed by atoms with van der Waals surface area (Å²) in [5, 5.41) is 17.5. The predicted octanol–water partition coefficient (Wildman–Crippen LogP) is 4.64. The van der Waals surface area contributed by atoms with Crippen LogP contribution in [0.2, 0.25) is 5.02 Å². The van der Waals surface area contributed by atoms with E-state index < -0.39 is 16.6 Å². The van der Waals surface area contributed by atoms with Crippen molar-refractivity contribution in [2.24, 2.45) is 5.10 Å². The van der Waals surface area contributed by atoms with Crippen LogP contribution in [0.5, 0.6) is 11.5 Å². The summed E-state index contributed by atoms with van der Waals surface area (Å²) in [5.41, 5.74) is 3.51. The number of carbonyl (C=O) groups excluding carboxylic acids is 1. The van der Waals surface area contributed by atoms with Gasteiger partial charge in [0.1, 0.15) is 17.8 Å². The van der Waals surface area contributed by atoms with E-state index >= 15 is 0 Å². The third kappa shape index (κ3) is 6.87. The predicted molar refractivity (Wildman–Crippen MR) is 125 cm³/mol. The van der Waals surface area contributed by atoms with Crippen LogP contribution in [0.15, 0.2) is 59.8 Å². The number of nitrogens with one attached hydrogen (secondary N) is 2. The molecule has 12 heteroatoms. The lowest BCUT2D eigenvalue weighted by molar-refractivity contribution is -0.385. The lowest BCUT2D eigenvalue weighted by atomic mass is 10.2. The first kappa shape index (κ1) is 24.4. The average molecular weight is 488 g/mol. The quantitative estimate of drug-likeness (QED) is 0.242. The Morgan fingerprint density at radius 3 is 2.65 bits per heavy atom. The Morgan fingerprint density at radius 1 is 1.24 bits per heavy atom. The number of carbonyl (C=O) groups is 1. The molecule has 2 N–H and O–H groups in total. The van der Waals surface area contributed by atoms with Crippen molar-refractivity contribution in [2.45, 2.75) is 6.92 Å². The average Bonchev–Trinajstić information content (AvgIpc) is 2.80. The highest BCUT2D eigenvalue weighted by molar-refractivity contribution is 6.32. The van der Waals surface area contributed by atoms with E-state index in [9.17, 15) is 19.3 Å². The zero-order valence-electron chi connectivity index (χ0n) is 17.8. The molecule has 2 aromatic carbocycles. The van der Waals surface area contributed by atoms with Gasteiger partial charge in [0.15, 0.2) is 18.1 Å². The summed E-state index contributed by atoms with van der Waals surface area (Å²) >= 11 is 6.34. The first-order valence-electron chi connectivity index (χ1n) is 9.89. The molecule has 0 radical (unpaired) electrons. The molecule has 1 amide bonds. The number of benzene rings is 2. The van der Waals surface area contributed by atoms with Gasteiger partial charge in [0, 0.05) is 11.8 Å². The number of anilines is 2. The van der Waals surface area contributed by atoms with Crippen LogP contribution in [0.25, 0.3) is 0 Å². The molecule has 1 heterocycles. The smallest absolute Gasteiger partial charge is 0.287 e. The highest BCUT2D eigenvalue weighted by Gasteiger charge is 2.14. The molecule has 0 aliphatic heterocycles. The van der Waals surface area contributed by atoms with E-state index in [0.29, 0.717) is 29.4 Å². The number of amides is 1. The van der Waals surface area contributed by atoms with Crippen LogP contribution in [0, 0.1) is 15.9 Å². The lowest BCUT2D eigenvalue weighted by Gasteiger charge is -2.14. The molecule has 0 bridgehead atoms. The summed E-state index contributed by atoms with van der Waals surface area (Å²) in [7, 11) is 0. The maximum absolute atomic E-state index is 13.0. The number of halogens is 2. The monoisotopic (exact) mass is 487 g/mol. The third-order valence-corrected chi connectivity index (χ3v) is 4.44. The Balaban J connectivity index is 1.65. The molecule has 0 unspecified atom stereocenters. The van der Waals surface area contributed by atoms with Gasteiger partial charge in [-0.1, -0.05) is 11.6 Å². The van der Waals surface area contributed by atoms with E-state index in [2.05, 4.69) is 20.8 Å². The molecule has 0 spiro atoms. The van der Waals surface area contributed by atoms with Gasteiger partial charge >= 0.3 is 0 Å². The van der Waals surface area contributed by atoms with Gasteiger partial charge in [-0.25, -0.2) is 9.37 Å². The van der Waals surface area contributed by atoms with Crippen molar-refractivity contribution in [2.75, 3.05) is 24.0 Å². The Bertz CT molecular complexity index is 1190. The zero-order chi connectivity index (χ0) is 24.5. The van der Waals surface area contributed by atoms with Gasteiger partial charge < -0.3 is 14.8 Å². The largest absolute Gasteiger partial charge is 0.490 e. The molecule has 176 valence electrons. The fraction of sp³-hybridized carbons (Fsp3) is 0.136. The van der Waals surface area contributed by atoms with E-state index in [1.165, 1.54) is 42.6 Å². The highest BCUT2D eigenvalue weighted by Crippen LogP contribution is 2.36. The molecular weight excluding hydrogens is 469 g/mol. The molecule has 3 aromatic rings. The topological polar surface area (TPSA) is 128 Å². The van der Waals surface area contributed by atoms with Crippen LogP contribution in [-0.4, -0.2) is 35.2 Å². The zero-order valence-corrected chi connectivity index (χ0v) is 18.6. The molecular formula is C22H19ClFN5O5. The van der Waals surface area contributed by atoms with Crippen molar-refractivity contribution in [3.8, 4) is 11.5 Å². The van der Waals surface area contributed by atoms with Gasteiger partial charge in [0.25, 0.3) is 11.6 Å². The van der Waals surface area contributed by atoms with E-state index in [1.54, 1.807) is 19.1 Å². The van der Waals surface area contributed by atoms with Crippen LogP contribution in [0.4, 0.5) is 21.6 Å². The number of aromatic nitrogens is 1. The Hall–Kier alpha value is -4.25. The van der Waals surface area contributed by atoms with Crippen molar-refractivity contribution >= 4 is 40.9 Å². The molecule has 3 rings (SSSR count). The summed E-state index contributed by atoms with van der Waals surface area (Å²) < 4.78 is 24.1. The fourth-order valence-corrected chi connectivity index (χ4v) is 2.94. The molecule has 0 fully saturated rings. The molecule has 10 nitrogen and oxygen atoms in total. The number of ether oxygens (including phenoxy) is 2. The van der Waals surface area contributed by atoms with Gasteiger partial charge in [-0.2, -0.15) is 5.10 Å². The van der Waals surface area contributed by atoms with Crippen LogP contribution < -0.4 is 20.2 Å². The molecule has 0 saturated heterocycles. The standard InChI is InChI=1S/C22H19ClFN5O5/c1-2-33-19-10-14(11-26-28-20-8-7-17(12-25-20)29(31)32)9-18(23)22(19)34-13-21(30)27-16-5-3-15(24)4-6-16/h3-12H,2,13H2,1H3,(H,25,28)(H,27,30)/b26-11+. The maximum Gasteiger partial charge on any atom is 0.287 e. The molecule has 0 saturated carbocycles. The van der Waals surface area contributed by atoms with Gasteiger partial charge in [0.05, 0.1) is 22.8 Å². The van der Waals surface area contributed by atoms with E-state index in [4.69, 9.17) is 21.1 Å². The number of hydrogen-bond donors (Lipinski definition) is 2. The van der Waals surface area contributed by atoms with Crippen LogP contribution >= 0.6 is 11.6 Å². The number of hydrazone groups is 1. The molecule has 0 atom stereocenters. The summed E-state index contributed by atoms with van der Waals surface area (Å²) in [5.74, 6) is -0.0784. The van der Waals surface area contributed by atoms with E-state index in [1.807, 2.05) is 0 Å². The van der Waals surface area contributed by atoms with Crippen molar-refractivity contribution in [1.29, 1.82) is 0 Å². The first-order valence-corrected chi connectivity index (χ1v) is 10.3. The number of nitro groups is 1. The SMILES string of the molecule is CCOc1cc(/C=N/Nc2ccc([N+](=O)[O-])cn2)cc(Cl)c1OCC(=O)Nc1ccc(F)cc1. The number of hydrogen-bond acceptors (Lipinski definition) is 8. The minimum Gasteiger partial charge on any atom is -0.490 e. The maximum atomic E-state index is 13.0. The van der Waals surface area contributed by atoms with Gasteiger partial charge in [-0.15, -0.1) is 0 Å². The minimum atomic E-state index is -0.548. The summed E-state index contributed by atoms with van der Waals surface area (Å²) in [6.07, 6.45) is 2.56. The molecule has 0 aliphatic rings. The Morgan fingerprint density at radius 2 is 2.00 bits per heavy atom. The lowest BCUT2D eigenvalue weighted by Crippen LogP contribution is -2.20. The molecule has 34 heavy (non-hydrogen) atoms. The van der Waals surface area contributed by atoms with Crippen molar-refractivity contribution in [1.82, 2.24) is 4.98 Å². The number of nitrogens with zero attached hydrogens (tertiary/aromatic N) is 3. The first-order chi connectivity index (χ1) is 16.4. The van der Waals surface area contributed by atoms with Crippen molar-refractivity contribution < 1.29 is 23.6 Å². The second kappa shape index (κ2) is 11.6. The Labute approximate surface area is 198 Å². The highest BCUT2D eigenvalue weighted by atomic mass is 35.5. The van der Waals surface area contributed by atoms with Crippen LogP contribution in [0.1, 0.15) is 12.5 Å². The summed E-state index contributed by atoms with van der Waals surface area (Å²) in [6.45, 7) is 1.75. The minimum absolute atomic E-state index is 0.135. The summed E-state index contributed by atoms with van der Waals surface area (Å²) in [6, 6.07) is 11.2. The third-order valence-electron chi connectivity index (χ3n) is 4.16. The van der Waals surface area contributed by atoms with Gasteiger partial charge in [-0.05, 0) is 55.0 Å². The van der Waals surface area contributed by atoms with Gasteiger partial charge in [-0.3, -0.25) is 20.3 Å². The van der Waals surface area contributed by atoms with Crippen molar-refractivity contribution in [3.63, 3.8) is 0 Å². The number of rotatable bonds is 10. The normalized spacial score (nSPS) is 10.7.